The summed E-state index contributed by atoms with van der Waals surface area (Å²) in [5.41, 5.74) is 0. The maximum absolute atomic E-state index is 11.6. The Morgan fingerprint density at radius 2 is 2.38 bits per heavy atom. The minimum absolute atomic E-state index is 0.0677. The van der Waals surface area contributed by atoms with E-state index < -0.39 is 0 Å². The first-order valence-electron chi connectivity index (χ1n) is 5.40. The second-order valence-corrected chi connectivity index (χ2v) is 5.10. The molecule has 0 aliphatic rings. The quantitative estimate of drug-likeness (QED) is 0.853. The number of nitrogens with one attached hydrogen (secondary N) is 1. The smallest absolute Gasteiger partial charge is 0.226 e. The normalized spacial score (nSPS) is 11.8. The van der Waals surface area contributed by atoms with E-state index in [-0.39, 0.29) is 11.9 Å². The molecule has 1 N–H and O–H groups in total. The second-order valence-electron chi connectivity index (χ2n) is 3.73. The average Bonchev–Trinajstić information content (AvgIpc) is 2.63. The number of hydrogen-bond donors (Lipinski definition) is 1. The summed E-state index contributed by atoms with van der Waals surface area (Å²) in [7, 11) is 0. The maximum atomic E-state index is 11.6. The zero-order chi connectivity index (χ0) is 12.0. The summed E-state index contributed by atoms with van der Waals surface area (Å²) >= 11 is 1.62. The lowest BCUT2D eigenvalue weighted by Crippen LogP contribution is -2.34. The molecular formula is C12H16N2OS. The highest BCUT2D eigenvalue weighted by Gasteiger charge is 2.11. The van der Waals surface area contributed by atoms with Gasteiger partial charge in [-0.15, -0.1) is 11.3 Å². The van der Waals surface area contributed by atoms with Gasteiger partial charge in [-0.3, -0.25) is 4.79 Å². The lowest BCUT2D eigenvalue weighted by atomic mass is 10.2. The maximum Gasteiger partial charge on any atom is 0.226 e. The molecule has 1 unspecified atom stereocenters. The Balaban J connectivity index is 2.44. The van der Waals surface area contributed by atoms with E-state index in [1.54, 1.807) is 11.3 Å². The highest BCUT2D eigenvalue weighted by molar-refractivity contribution is 7.12. The fourth-order valence-electron chi connectivity index (χ4n) is 1.44. The summed E-state index contributed by atoms with van der Waals surface area (Å²) in [4.78, 5) is 13.9. The minimum atomic E-state index is -0.349. The molecule has 0 saturated carbocycles. The largest absolute Gasteiger partial charge is 0.340 e. The van der Waals surface area contributed by atoms with Gasteiger partial charge in [0.2, 0.25) is 5.91 Å². The molecule has 86 valence electrons. The number of aryl methyl sites for hydroxylation is 1. The Kier molecular flexibility index (Phi) is 5.00. The van der Waals surface area contributed by atoms with Crippen LogP contribution < -0.4 is 5.32 Å². The van der Waals surface area contributed by atoms with Crippen LogP contribution in [0.4, 0.5) is 0 Å². The topological polar surface area (TPSA) is 52.9 Å². The molecule has 3 nitrogen and oxygen atoms in total. The first kappa shape index (κ1) is 12.7. The molecule has 0 bridgehead atoms. The summed E-state index contributed by atoms with van der Waals surface area (Å²) in [5.74, 6) is -0.0677. The molecule has 0 spiro atoms. The van der Waals surface area contributed by atoms with Gasteiger partial charge < -0.3 is 5.32 Å². The zero-order valence-corrected chi connectivity index (χ0v) is 10.4. The van der Waals surface area contributed by atoms with E-state index in [0.29, 0.717) is 12.8 Å². The van der Waals surface area contributed by atoms with Crippen molar-refractivity contribution < 1.29 is 4.79 Å². The van der Waals surface area contributed by atoms with Crippen molar-refractivity contribution in [2.45, 2.75) is 39.2 Å². The summed E-state index contributed by atoms with van der Waals surface area (Å²) in [5, 5.41) is 11.5. The monoisotopic (exact) mass is 236 g/mol. The van der Waals surface area contributed by atoms with Crippen LogP contribution in [0.15, 0.2) is 12.1 Å². The molecule has 1 aromatic rings. The van der Waals surface area contributed by atoms with Crippen molar-refractivity contribution in [3.05, 3.63) is 21.9 Å². The van der Waals surface area contributed by atoms with Crippen molar-refractivity contribution in [3.63, 3.8) is 0 Å². The summed E-state index contributed by atoms with van der Waals surface area (Å²) in [6.07, 6.45) is 1.99. The number of carbonyl (C=O) groups excluding carboxylic acids is 1. The van der Waals surface area contributed by atoms with Gasteiger partial charge in [0.1, 0.15) is 6.04 Å². The van der Waals surface area contributed by atoms with Crippen molar-refractivity contribution >= 4 is 17.2 Å². The second kappa shape index (κ2) is 6.29. The lowest BCUT2D eigenvalue weighted by Gasteiger charge is -2.09. The number of nitriles is 1. The van der Waals surface area contributed by atoms with E-state index in [0.717, 1.165) is 11.3 Å². The molecule has 0 aromatic carbocycles. The number of rotatable bonds is 5. The fraction of sp³-hybridized carbons (Fsp3) is 0.500. The van der Waals surface area contributed by atoms with Gasteiger partial charge in [0.05, 0.1) is 12.5 Å². The Morgan fingerprint density at radius 1 is 1.62 bits per heavy atom. The van der Waals surface area contributed by atoms with Crippen LogP contribution in [0, 0.1) is 18.3 Å². The molecule has 1 atom stereocenters. The number of thiophene rings is 1. The fourth-order valence-corrected chi connectivity index (χ4v) is 2.33. The third-order valence-electron chi connectivity index (χ3n) is 2.20. The third kappa shape index (κ3) is 4.03. The van der Waals surface area contributed by atoms with Crippen LogP contribution in [0.1, 0.15) is 29.5 Å². The van der Waals surface area contributed by atoms with Crippen molar-refractivity contribution in [3.8, 4) is 6.07 Å². The number of nitrogens with zero attached hydrogens (tertiary/aromatic N) is 1. The van der Waals surface area contributed by atoms with Crippen molar-refractivity contribution in [2.75, 3.05) is 0 Å². The third-order valence-corrected chi connectivity index (χ3v) is 3.20. The Bertz CT molecular complexity index is 392. The summed E-state index contributed by atoms with van der Waals surface area (Å²) in [6, 6.07) is 5.71. The number of amides is 1. The van der Waals surface area contributed by atoms with Crippen molar-refractivity contribution in [2.24, 2.45) is 0 Å². The van der Waals surface area contributed by atoms with Crippen LogP contribution in [-0.4, -0.2) is 11.9 Å². The van der Waals surface area contributed by atoms with Gasteiger partial charge in [-0.05, 0) is 25.5 Å². The van der Waals surface area contributed by atoms with Crippen molar-refractivity contribution in [1.29, 1.82) is 5.26 Å². The molecular weight excluding hydrogens is 220 g/mol. The first-order chi connectivity index (χ1) is 7.65. The van der Waals surface area contributed by atoms with Crippen molar-refractivity contribution in [1.82, 2.24) is 5.32 Å². The molecule has 4 heteroatoms. The first-order valence-corrected chi connectivity index (χ1v) is 6.21. The minimum Gasteiger partial charge on any atom is -0.340 e. The molecule has 16 heavy (non-hydrogen) atoms. The zero-order valence-electron chi connectivity index (χ0n) is 9.62. The van der Waals surface area contributed by atoms with E-state index >= 15 is 0 Å². The van der Waals surface area contributed by atoms with E-state index in [2.05, 4.69) is 11.4 Å². The van der Waals surface area contributed by atoms with E-state index in [1.807, 2.05) is 26.0 Å². The van der Waals surface area contributed by atoms with Gasteiger partial charge in [0.25, 0.3) is 0 Å². The van der Waals surface area contributed by atoms with Crippen LogP contribution >= 0.6 is 11.3 Å². The van der Waals surface area contributed by atoms with Gasteiger partial charge in [0, 0.05) is 9.75 Å². The van der Waals surface area contributed by atoms with E-state index in [4.69, 9.17) is 5.26 Å². The van der Waals surface area contributed by atoms with Gasteiger partial charge in [-0.2, -0.15) is 5.26 Å². The molecule has 0 radical (unpaired) electrons. The number of carbonyl (C=O) groups is 1. The molecule has 0 saturated heterocycles. The predicted octanol–water partition coefficient (Wildman–Crippen LogP) is 2.41. The molecule has 1 amide bonds. The molecule has 1 rings (SSSR count). The Morgan fingerprint density at radius 3 is 2.88 bits per heavy atom. The molecule has 0 aliphatic heterocycles. The van der Waals surface area contributed by atoms with E-state index in [1.165, 1.54) is 4.88 Å². The summed E-state index contributed by atoms with van der Waals surface area (Å²) in [6.45, 7) is 4.01. The van der Waals surface area contributed by atoms with Gasteiger partial charge in [0.15, 0.2) is 0 Å². The van der Waals surface area contributed by atoms with Gasteiger partial charge >= 0.3 is 0 Å². The Hall–Kier alpha value is -1.34. The van der Waals surface area contributed by atoms with Gasteiger partial charge in [-0.1, -0.05) is 13.3 Å². The highest BCUT2D eigenvalue weighted by Crippen LogP contribution is 2.15. The summed E-state index contributed by atoms with van der Waals surface area (Å²) < 4.78 is 0. The van der Waals surface area contributed by atoms with Crippen LogP contribution in [-0.2, 0) is 11.2 Å². The molecule has 1 heterocycles. The highest BCUT2D eigenvalue weighted by atomic mass is 32.1. The van der Waals surface area contributed by atoms with Gasteiger partial charge in [-0.25, -0.2) is 0 Å². The standard InChI is InChI=1S/C12H16N2OS/c1-3-4-10(8-13)14-12(15)7-11-6-5-9(2)16-11/h5-6,10H,3-4,7H2,1-2H3,(H,14,15). The molecule has 0 aliphatic carbocycles. The van der Waals surface area contributed by atoms with Crippen LogP contribution in [0.5, 0.6) is 0 Å². The molecule has 0 fully saturated rings. The predicted molar refractivity (Wildman–Crippen MR) is 65.2 cm³/mol. The Labute approximate surface area is 100 Å². The average molecular weight is 236 g/mol. The van der Waals surface area contributed by atoms with Crippen LogP contribution in [0.25, 0.3) is 0 Å². The van der Waals surface area contributed by atoms with E-state index in [9.17, 15) is 4.79 Å². The van der Waals surface area contributed by atoms with Crippen LogP contribution in [0.2, 0.25) is 0 Å². The van der Waals surface area contributed by atoms with Crippen LogP contribution in [0.3, 0.4) is 0 Å². The SMILES string of the molecule is CCCC(C#N)NC(=O)Cc1ccc(C)s1. The lowest BCUT2D eigenvalue weighted by molar-refractivity contribution is -0.120. The molecule has 1 aromatic heterocycles. The number of hydrogen-bond acceptors (Lipinski definition) is 3.